The van der Waals surface area contributed by atoms with Crippen LogP contribution in [0.3, 0.4) is 0 Å². The van der Waals surface area contributed by atoms with Crippen LogP contribution in [0.4, 0.5) is 0 Å². The van der Waals surface area contributed by atoms with Gasteiger partial charge in [0.25, 0.3) is 0 Å². The summed E-state index contributed by atoms with van der Waals surface area (Å²) in [6.07, 6.45) is 5.29. The highest BCUT2D eigenvalue weighted by molar-refractivity contribution is 5.92. The average Bonchev–Trinajstić information content (AvgIpc) is 3.03. The van der Waals surface area contributed by atoms with Crippen molar-refractivity contribution in [3.8, 4) is 11.5 Å². The van der Waals surface area contributed by atoms with Gasteiger partial charge >= 0.3 is 0 Å². The monoisotopic (exact) mass is 281 g/mol. The molecule has 0 radical (unpaired) electrons. The predicted octanol–water partition coefficient (Wildman–Crippen LogP) is 4.24. The summed E-state index contributed by atoms with van der Waals surface area (Å²) in [5.41, 5.74) is 7.10. The summed E-state index contributed by atoms with van der Waals surface area (Å²) < 4.78 is 5.78. The van der Waals surface area contributed by atoms with E-state index in [2.05, 4.69) is 12.1 Å². The molecule has 3 rings (SSSR count). The van der Waals surface area contributed by atoms with Gasteiger partial charge in [-0.25, -0.2) is 0 Å². The van der Waals surface area contributed by atoms with E-state index in [1.807, 2.05) is 12.1 Å². The topological polar surface area (TPSA) is 52.3 Å². The van der Waals surface area contributed by atoms with Gasteiger partial charge in [-0.2, -0.15) is 0 Å². The van der Waals surface area contributed by atoms with Crippen LogP contribution < -0.4 is 10.5 Å². The van der Waals surface area contributed by atoms with E-state index in [1.165, 1.54) is 31.2 Å². The van der Waals surface area contributed by atoms with Gasteiger partial charge in [0, 0.05) is 5.56 Å². The number of carbonyl (C=O) groups is 1. The van der Waals surface area contributed by atoms with Gasteiger partial charge < -0.3 is 10.5 Å². The fraction of sp³-hybridized carbons (Fsp3) is 0.278. The Morgan fingerprint density at radius 1 is 0.905 bits per heavy atom. The van der Waals surface area contributed by atoms with E-state index >= 15 is 0 Å². The molecule has 1 aliphatic rings. The number of nitrogens with two attached hydrogens (primary N) is 1. The van der Waals surface area contributed by atoms with E-state index in [1.54, 1.807) is 24.3 Å². The first kappa shape index (κ1) is 13.7. The highest BCUT2D eigenvalue weighted by atomic mass is 16.5. The van der Waals surface area contributed by atoms with Crippen LogP contribution in [0, 0.1) is 0 Å². The standard InChI is InChI=1S/C18H19NO2/c19-18(20)15-7-11-17(12-8-15)21-16-9-5-14(6-10-16)13-3-1-2-4-13/h5-13H,1-4H2,(H2,19,20). The second-order valence-electron chi connectivity index (χ2n) is 5.54. The molecule has 0 saturated heterocycles. The maximum atomic E-state index is 11.0. The molecule has 2 N–H and O–H groups in total. The van der Waals surface area contributed by atoms with Crippen LogP contribution in [0.25, 0.3) is 0 Å². The first-order valence-electron chi connectivity index (χ1n) is 7.40. The lowest BCUT2D eigenvalue weighted by atomic mass is 9.98. The Kier molecular flexibility index (Phi) is 3.91. The first-order valence-corrected chi connectivity index (χ1v) is 7.40. The third-order valence-corrected chi connectivity index (χ3v) is 4.08. The van der Waals surface area contributed by atoms with Crippen LogP contribution in [0.1, 0.15) is 47.5 Å². The molecule has 0 atom stereocenters. The Morgan fingerprint density at radius 3 is 1.95 bits per heavy atom. The second-order valence-corrected chi connectivity index (χ2v) is 5.54. The first-order chi connectivity index (χ1) is 10.2. The molecule has 108 valence electrons. The Bertz CT molecular complexity index is 611. The molecule has 1 fully saturated rings. The maximum absolute atomic E-state index is 11.0. The summed E-state index contributed by atoms with van der Waals surface area (Å²) in [7, 11) is 0. The zero-order chi connectivity index (χ0) is 14.7. The predicted molar refractivity (Wildman–Crippen MR) is 82.7 cm³/mol. The Morgan fingerprint density at radius 2 is 1.43 bits per heavy atom. The molecular formula is C18H19NO2. The van der Waals surface area contributed by atoms with Gasteiger partial charge in [0.15, 0.2) is 0 Å². The molecule has 0 bridgehead atoms. The fourth-order valence-corrected chi connectivity index (χ4v) is 2.89. The zero-order valence-electron chi connectivity index (χ0n) is 11.9. The van der Waals surface area contributed by atoms with Gasteiger partial charge in [-0.3, -0.25) is 4.79 Å². The molecule has 0 aliphatic heterocycles. The second kappa shape index (κ2) is 6.00. The van der Waals surface area contributed by atoms with Crippen LogP contribution in [0.15, 0.2) is 48.5 Å². The normalized spacial score (nSPS) is 15.0. The highest BCUT2D eigenvalue weighted by Gasteiger charge is 2.16. The lowest BCUT2D eigenvalue weighted by Crippen LogP contribution is -2.10. The summed E-state index contributed by atoms with van der Waals surface area (Å²) in [4.78, 5) is 11.0. The quantitative estimate of drug-likeness (QED) is 0.911. The van der Waals surface area contributed by atoms with Crippen molar-refractivity contribution in [1.82, 2.24) is 0 Å². The van der Waals surface area contributed by atoms with Crippen molar-refractivity contribution in [2.45, 2.75) is 31.6 Å². The SMILES string of the molecule is NC(=O)c1ccc(Oc2ccc(C3CCCC3)cc2)cc1. The van der Waals surface area contributed by atoms with Crippen molar-refractivity contribution in [2.75, 3.05) is 0 Å². The third-order valence-electron chi connectivity index (χ3n) is 4.08. The van der Waals surface area contributed by atoms with E-state index < -0.39 is 5.91 Å². The van der Waals surface area contributed by atoms with Gasteiger partial charge in [-0.05, 0) is 60.7 Å². The average molecular weight is 281 g/mol. The Hall–Kier alpha value is -2.29. The van der Waals surface area contributed by atoms with Crippen LogP contribution in [0.2, 0.25) is 0 Å². The van der Waals surface area contributed by atoms with Gasteiger partial charge in [0.2, 0.25) is 5.91 Å². The number of amides is 1. The molecule has 0 heterocycles. The van der Waals surface area contributed by atoms with E-state index in [9.17, 15) is 4.79 Å². The molecule has 3 heteroatoms. The van der Waals surface area contributed by atoms with Crippen molar-refractivity contribution < 1.29 is 9.53 Å². The lowest BCUT2D eigenvalue weighted by molar-refractivity contribution is 0.100. The van der Waals surface area contributed by atoms with Gasteiger partial charge in [-0.15, -0.1) is 0 Å². The van der Waals surface area contributed by atoms with Crippen molar-refractivity contribution in [3.63, 3.8) is 0 Å². The number of rotatable bonds is 4. The number of primary amides is 1. The minimum Gasteiger partial charge on any atom is -0.457 e. The molecular weight excluding hydrogens is 262 g/mol. The highest BCUT2D eigenvalue weighted by Crippen LogP contribution is 2.35. The van der Waals surface area contributed by atoms with Crippen LogP contribution >= 0.6 is 0 Å². The number of hydrogen-bond acceptors (Lipinski definition) is 2. The van der Waals surface area contributed by atoms with Gasteiger partial charge in [0.05, 0.1) is 0 Å². The van der Waals surface area contributed by atoms with Crippen molar-refractivity contribution in [2.24, 2.45) is 5.73 Å². The van der Waals surface area contributed by atoms with E-state index in [4.69, 9.17) is 10.5 Å². The summed E-state index contributed by atoms with van der Waals surface area (Å²) >= 11 is 0. The van der Waals surface area contributed by atoms with E-state index in [0.717, 1.165) is 5.75 Å². The zero-order valence-corrected chi connectivity index (χ0v) is 11.9. The Labute approximate surface area is 124 Å². The summed E-state index contributed by atoms with van der Waals surface area (Å²) in [5.74, 6) is 1.80. The van der Waals surface area contributed by atoms with Crippen molar-refractivity contribution in [3.05, 3.63) is 59.7 Å². The Balaban J connectivity index is 1.68. The molecule has 1 amide bonds. The smallest absolute Gasteiger partial charge is 0.248 e. The van der Waals surface area contributed by atoms with Crippen molar-refractivity contribution >= 4 is 5.91 Å². The summed E-state index contributed by atoms with van der Waals surface area (Å²) in [5, 5.41) is 0. The van der Waals surface area contributed by atoms with Crippen LogP contribution in [-0.4, -0.2) is 5.91 Å². The van der Waals surface area contributed by atoms with Crippen LogP contribution in [0.5, 0.6) is 11.5 Å². The summed E-state index contributed by atoms with van der Waals surface area (Å²) in [6.45, 7) is 0. The molecule has 21 heavy (non-hydrogen) atoms. The largest absolute Gasteiger partial charge is 0.457 e. The number of carbonyl (C=O) groups excluding carboxylic acids is 1. The van der Waals surface area contributed by atoms with Crippen molar-refractivity contribution in [1.29, 1.82) is 0 Å². The fourth-order valence-electron chi connectivity index (χ4n) is 2.89. The molecule has 2 aromatic rings. The summed E-state index contributed by atoms with van der Waals surface area (Å²) in [6, 6.07) is 15.2. The molecule has 0 spiro atoms. The maximum Gasteiger partial charge on any atom is 0.248 e. The minimum absolute atomic E-state index is 0.428. The number of ether oxygens (including phenoxy) is 1. The van der Waals surface area contributed by atoms with Crippen LogP contribution in [-0.2, 0) is 0 Å². The molecule has 1 aliphatic carbocycles. The van der Waals surface area contributed by atoms with Gasteiger partial charge in [0.1, 0.15) is 11.5 Å². The lowest BCUT2D eigenvalue weighted by Gasteiger charge is -2.11. The third kappa shape index (κ3) is 3.24. The van der Waals surface area contributed by atoms with Gasteiger partial charge in [-0.1, -0.05) is 25.0 Å². The number of hydrogen-bond donors (Lipinski definition) is 1. The molecule has 0 aromatic heterocycles. The molecule has 2 aromatic carbocycles. The minimum atomic E-state index is -0.428. The molecule has 3 nitrogen and oxygen atoms in total. The van der Waals surface area contributed by atoms with E-state index in [-0.39, 0.29) is 0 Å². The van der Waals surface area contributed by atoms with E-state index in [0.29, 0.717) is 17.2 Å². The molecule has 1 saturated carbocycles. The molecule has 0 unspecified atom stereocenters. The number of benzene rings is 2.